The van der Waals surface area contributed by atoms with Crippen LogP contribution in [0.5, 0.6) is 0 Å². The fraction of sp³-hybridized carbons (Fsp3) is 0.143. The highest BCUT2D eigenvalue weighted by atomic mass is 16.3. The van der Waals surface area contributed by atoms with E-state index in [0.29, 0.717) is 12.2 Å². The lowest BCUT2D eigenvalue weighted by Crippen LogP contribution is -1.81. The molecule has 2 rings (SSSR count). The predicted molar refractivity (Wildman–Crippen MR) is 64.8 cm³/mol. The SMILES string of the molecule is CCC(O)=Cc1cccc2ccccc12. The molecule has 0 saturated carbocycles. The summed E-state index contributed by atoms with van der Waals surface area (Å²) in [6.07, 6.45) is 2.51. The van der Waals surface area contributed by atoms with Crippen LogP contribution in [-0.4, -0.2) is 5.11 Å². The van der Waals surface area contributed by atoms with Crippen LogP contribution in [0.1, 0.15) is 18.9 Å². The van der Waals surface area contributed by atoms with Gasteiger partial charge in [-0.15, -0.1) is 0 Å². The van der Waals surface area contributed by atoms with Crippen molar-refractivity contribution in [2.24, 2.45) is 0 Å². The van der Waals surface area contributed by atoms with Crippen LogP contribution in [0.4, 0.5) is 0 Å². The van der Waals surface area contributed by atoms with Crippen molar-refractivity contribution < 1.29 is 5.11 Å². The summed E-state index contributed by atoms with van der Waals surface area (Å²) < 4.78 is 0. The Morgan fingerprint density at radius 2 is 1.87 bits per heavy atom. The summed E-state index contributed by atoms with van der Waals surface area (Å²) in [5, 5.41) is 11.9. The summed E-state index contributed by atoms with van der Waals surface area (Å²) in [5.74, 6) is 0.423. The second-order valence-electron chi connectivity index (χ2n) is 3.56. The normalized spacial score (nSPS) is 11.9. The summed E-state index contributed by atoms with van der Waals surface area (Å²) in [6, 6.07) is 14.3. The Hall–Kier alpha value is -1.76. The first kappa shape index (κ1) is 9.78. The van der Waals surface area contributed by atoms with Gasteiger partial charge in [-0.05, 0) is 22.4 Å². The maximum Gasteiger partial charge on any atom is 0.0926 e. The molecule has 0 aliphatic heterocycles. The van der Waals surface area contributed by atoms with Crippen LogP contribution in [0.2, 0.25) is 0 Å². The Morgan fingerprint density at radius 3 is 2.67 bits per heavy atom. The highest BCUT2D eigenvalue weighted by molar-refractivity contribution is 5.90. The van der Waals surface area contributed by atoms with E-state index < -0.39 is 0 Å². The molecule has 76 valence electrons. The molecule has 0 bridgehead atoms. The average Bonchev–Trinajstić information content (AvgIpc) is 2.29. The summed E-state index contributed by atoms with van der Waals surface area (Å²) in [7, 11) is 0. The third kappa shape index (κ3) is 2.01. The van der Waals surface area contributed by atoms with E-state index in [1.54, 1.807) is 0 Å². The lowest BCUT2D eigenvalue weighted by atomic mass is 10.0. The molecule has 0 aromatic heterocycles. The van der Waals surface area contributed by atoms with Gasteiger partial charge in [0.2, 0.25) is 0 Å². The van der Waals surface area contributed by atoms with E-state index in [1.807, 2.05) is 37.3 Å². The highest BCUT2D eigenvalue weighted by Gasteiger charge is 1.98. The highest BCUT2D eigenvalue weighted by Crippen LogP contribution is 2.20. The third-order valence-corrected chi connectivity index (χ3v) is 2.51. The van der Waals surface area contributed by atoms with Crippen LogP contribution < -0.4 is 0 Å². The van der Waals surface area contributed by atoms with E-state index in [0.717, 1.165) is 5.56 Å². The first-order valence-electron chi connectivity index (χ1n) is 5.18. The van der Waals surface area contributed by atoms with Gasteiger partial charge in [0.05, 0.1) is 5.76 Å². The van der Waals surface area contributed by atoms with Gasteiger partial charge in [-0.1, -0.05) is 49.4 Å². The first-order valence-corrected chi connectivity index (χ1v) is 5.18. The first-order chi connectivity index (χ1) is 7.31. The van der Waals surface area contributed by atoms with Gasteiger partial charge in [-0.3, -0.25) is 0 Å². The number of aliphatic hydroxyl groups is 1. The van der Waals surface area contributed by atoms with Crippen LogP contribution in [0.15, 0.2) is 48.2 Å². The topological polar surface area (TPSA) is 20.2 Å². The average molecular weight is 198 g/mol. The second kappa shape index (κ2) is 4.18. The summed E-state index contributed by atoms with van der Waals surface area (Å²) in [4.78, 5) is 0. The second-order valence-corrected chi connectivity index (χ2v) is 3.56. The summed E-state index contributed by atoms with van der Waals surface area (Å²) in [6.45, 7) is 1.94. The number of aliphatic hydroxyl groups excluding tert-OH is 1. The fourth-order valence-electron chi connectivity index (χ4n) is 1.66. The monoisotopic (exact) mass is 198 g/mol. The van der Waals surface area contributed by atoms with Crippen molar-refractivity contribution in [2.45, 2.75) is 13.3 Å². The van der Waals surface area contributed by atoms with E-state index in [2.05, 4.69) is 18.2 Å². The van der Waals surface area contributed by atoms with Crippen LogP contribution in [0, 0.1) is 0 Å². The largest absolute Gasteiger partial charge is 0.512 e. The Kier molecular flexibility index (Phi) is 2.72. The molecule has 1 N–H and O–H groups in total. The van der Waals surface area contributed by atoms with Crippen LogP contribution in [0.25, 0.3) is 16.8 Å². The summed E-state index contributed by atoms with van der Waals surface area (Å²) >= 11 is 0. The molecule has 0 radical (unpaired) electrons. The Labute approximate surface area is 89.7 Å². The van der Waals surface area contributed by atoms with Crippen molar-refractivity contribution in [2.75, 3.05) is 0 Å². The van der Waals surface area contributed by atoms with Crippen LogP contribution in [-0.2, 0) is 0 Å². The van der Waals surface area contributed by atoms with Crippen molar-refractivity contribution in [1.82, 2.24) is 0 Å². The number of hydrogen-bond acceptors (Lipinski definition) is 1. The van der Waals surface area contributed by atoms with Crippen LogP contribution >= 0.6 is 0 Å². The van der Waals surface area contributed by atoms with Gasteiger partial charge in [-0.25, -0.2) is 0 Å². The van der Waals surface area contributed by atoms with Gasteiger partial charge in [0, 0.05) is 6.42 Å². The fourth-order valence-corrected chi connectivity index (χ4v) is 1.66. The molecule has 2 aromatic rings. The van der Waals surface area contributed by atoms with E-state index in [4.69, 9.17) is 0 Å². The van der Waals surface area contributed by atoms with Gasteiger partial charge in [0.1, 0.15) is 0 Å². The zero-order valence-electron chi connectivity index (χ0n) is 8.77. The quantitative estimate of drug-likeness (QED) is 0.719. The van der Waals surface area contributed by atoms with Crippen molar-refractivity contribution >= 4 is 16.8 Å². The Morgan fingerprint density at radius 1 is 1.13 bits per heavy atom. The standard InChI is InChI=1S/C14H14O/c1-2-13(15)10-12-8-5-7-11-6-3-4-9-14(11)12/h3-10,15H,2H2,1H3. The molecule has 1 heteroatoms. The molecule has 1 nitrogen and oxygen atoms in total. The maximum absolute atomic E-state index is 9.53. The van der Waals surface area contributed by atoms with Crippen molar-refractivity contribution in [3.05, 3.63) is 53.8 Å². The predicted octanol–water partition coefficient (Wildman–Crippen LogP) is 4.15. The van der Waals surface area contributed by atoms with E-state index >= 15 is 0 Å². The lowest BCUT2D eigenvalue weighted by molar-refractivity contribution is 0.400. The minimum atomic E-state index is 0.423. The van der Waals surface area contributed by atoms with Gasteiger partial charge >= 0.3 is 0 Å². The molecular formula is C14H14O. The number of rotatable bonds is 2. The molecule has 0 fully saturated rings. The third-order valence-electron chi connectivity index (χ3n) is 2.51. The smallest absolute Gasteiger partial charge is 0.0926 e. The molecule has 0 aliphatic carbocycles. The van der Waals surface area contributed by atoms with E-state index in [-0.39, 0.29) is 0 Å². The minimum absolute atomic E-state index is 0.423. The number of hydrogen-bond donors (Lipinski definition) is 1. The molecule has 0 aliphatic rings. The van der Waals surface area contributed by atoms with Crippen molar-refractivity contribution in [3.63, 3.8) is 0 Å². The van der Waals surface area contributed by atoms with Gasteiger partial charge < -0.3 is 5.11 Å². The van der Waals surface area contributed by atoms with E-state index in [9.17, 15) is 5.11 Å². The van der Waals surface area contributed by atoms with Gasteiger partial charge in [0.25, 0.3) is 0 Å². The summed E-state index contributed by atoms with van der Waals surface area (Å²) in [5.41, 5.74) is 1.08. The van der Waals surface area contributed by atoms with E-state index in [1.165, 1.54) is 10.8 Å². The number of fused-ring (bicyclic) bond motifs is 1. The molecule has 0 saturated heterocycles. The lowest BCUT2D eigenvalue weighted by Gasteiger charge is -2.02. The number of allylic oxidation sites excluding steroid dienone is 1. The molecular weight excluding hydrogens is 184 g/mol. The molecule has 0 heterocycles. The molecule has 0 unspecified atom stereocenters. The van der Waals surface area contributed by atoms with Crippen molar-refractivity contribution in [3.8, 4) is 0 Å². The van der Waals surface area contributed by atoms with Crippen LogP contribution in [0.3, 0.4) is 0 Å². The molecule has 2 aromatic carbocycles. The molecule has 0 amide bonds. The zero-order valence-corrected chi connectivity index (χ0v) is 8.77. The van der Waals surface area contributed by atoms with Gasteiger partial charge in [0.15, 0.2) is 0 Å². The molecule has 0 atom stereocenters. The number of benzene rings is 2. The Bertz CT molecular complexity index is 492. The van der Waals surface area contributed by atoms with Crippen molar-refractivity contribution in [1.29, 1.82) is 0 Å². The zero-order chi connectivity index (χ0) is 10.7. The molecule has 0 spiro atoms. The maximum atomic E-state index is 9.53. The minimum Gasteiger partial charge on any atom is -0.512 e. The molecule has 15 heavy (non-hydrogen) atoms. The van der Waals surface area contributed by atoms with Gasteiger partial charge in [-0.2, -0.15) is 0 Å². The Balaban J connectivity index is 2.61.